The van der Waals surface area contributed by atoms with E-state index in [0.29, 0.717) is 16.4 Å². The van der Waals surface area contributed by atoms with Gasteiger partial charge >= 0.3 is 0 Å². The molecule has 162 valence electrons. The van der Waals surface area contributed by atoms with Gasteiger partial charge in [-0.25, -0.2) is 4.98 Å². The molecule has 3 heterocycles. The molecule has 2 aliphatic rings. The van der Waals surface area contributed by atoms with E-state index in [1.165, 1.54) is 29.5 Å². The van der Waals surface area contributed by atoms with Crippen LogP contribution in [0.4, 0.5) is 10.8 Å². The molecule has 4 rings (SSSR count). The van der Waals surface area contributed by atoms with Gasteiger partial charge in [-0.05, 0) is 44.4 Å². The molecule has 1 saturated heterocycles. The number of hydrogen-bond donors (Lipinski definition) is 2. The minimum atomic E-state index is -0.503. The van der Waals surface area contributed by atoms with Gasteiger partial charge in [-0.15, -0.1) is 11.3 Å². The largest absolute Gasteiger partial charge is 0.351 e. The third-order valence-corrected chi connectivity index (χ3v) is 7.06. The zero-order valence-corrected chi connectivity index (χ0v) is 18.7. The molecular formula is C21H23N5O3S2. The standard InChI is InChI=1S/C21H23N5O3S2/c1-13-12-30-20(22-13)24-18(28)14-6-5-7-15(10-14)23-17(27)11-16-19(29)25-21(31-16)26-8-3-2-4-9-26/h5-7,10,12,16H,2-4,8-9,11H2,1H3,(H,23,27)(H,22,24,28)/t16-/m1/s1. The first-order valence-electron chi connectivity index (χ1n) is 10.2. The second-order valence-electron chi connectivity index (χ2n) is 7.47. The number of carbonyl (C=O) groups excluding carboxylic acids is 3. The fourth-order valence-electron chi connectivity index (χ4n) is 3.43. The first kappa shape index (κ1) is 21.5. The number of piperidine rings is 1. The monoisotopic (exact) mass is 457 g/mol. The molecular weight excluding hydrogens is 434 g/mol. The summed E-state index contributed by atoms with van der Waals surface area (Å²) in [6, 6.07) is 6.68. The molecule has 0 bridgehead atoms. The van der Waals surface area contributed by atoms with E-state index in [4.69, 9.17) is 0 Å². The van der Waals surface area contributed by atoms with E-state index < -0.39 is 5.25 Å². The molecule has 0 aliphatic carbocycles. The average molecular weight is 458 g/mol. The normalized spacial score (nSPS) is 18.6. The minimum absolute atomic E-state index is 0.0408. The Kier molecular flexibility index (Phi) is 6.67. The second kappa shape index (κ2) is 9.61. The van der Waals surface area contributed by atoms with Crippen molar-refractivity contribution in [1.82, 2.24) is 9.88 Å². The predicted octanol–water partition coefficient (Wildman–Crippen LogP) is 3.52. The number of hydrogen-bond acceptors (Lipinski definition) is 7. The van der Waals surface area contributed by atoms with Gasteiger partial charge < -0.3 is 10.2 Å². The van der Waals surface area contributed by atoms with Gasteiger partial charge in [0.1, 0.15) is 5.25 Å². The van der Waals surface area contributed by atoms with Gasteiger partial charge in [0.2, 0.25) is 5.91 Å². The maximum Gasteiger partial charge on any atom is 0.262 e. The van der Waals surface area contributed by atoms with Crippen molar-refractivity contribution in [3.05, 3.63) is 40.9 Å². The van der Waals surface area contributed by atoms with Crippen LogP contribution in [0, 0.1) is 6.92 Å². The molecule has 1 aromatic carbocycles. The fourth-order valence-corrected chi connectivity index (χ4v) is 5.23. The summed E-state index contributed by atoms with van der Waals surface area (Å²) in [5.41, 5.74) is 1.75. The Bertz CT molecular complexity index is 1030. The summed E-state index contributed by atoms with van der Waals surface area (Å²) in [5.74, 6) is -0.840. The van der Waals surface area contributed by atoms with Crippen LogP contribution in [0.15, 0.2) is 34.6 Å². The number of nitrogens with one attached hydrogen (secondary N) is 2. The van der Waals surface area contributed by atoms with Crippen molar-refractivity contribution in [2.75, 3.05) is 23.7 Å². The topological polar surface area (TPSA) is 104 Å². The number of thiazole rings is 1. The Labute approximate surface area is 188 Å². The van der Waals surface area contributed by atoms with E-state index in [2.05, 4.69) is 25.5 Å². The number of nitrogens with zero attached hydrogens (tertiary/aromatic N) is 3. The summed E-state index contributed by atoms with van der Waals surface area (Å²) in [5, 5.41) is 8.15. The molecule has 2 aromatic rings. The van der Waals surface area contributed by atoms with Crippen molar-refractivity contribution in [2.45, 2.75) is 37.9 Å². The van der Waals surface area contributed by atoms with E-state index >= 15 is 0 Å². The third-order valence-electron chi connectivity index (χ3n) is 4.97. The van der Waals surface area contributed by atoms with Crippen molar-refractivity contribution in [3.8, 4) is 0 Å². The van der Waals surface area contributed by atoms with E-state index in [-0.39, 0.29) is 24.1 Å². The predicted molar refractivity (Wildman–Crippen MR) is 124 cm³/mol. The van der Waals surface area contributed by atoms with Gasteiger partial charge in [-0.2, -0.15) is 4.99 Å². The van der Waals surface area contributed by atoms with Gasteiger partial charge in [0.15, 0.2) is 10.3 Å². The SMILES string of the molecule is Cc1csc(NC(=O)c2cccc(NC(=O)C[C@H]3SC(N4CCCCC4)=NC3=O)c2)n1. The van der Waals surface area contributed by atoms with Crippen LogP contribution in [0.25, 0.3) is 0 Å². The van der Waals surface area contributed by atoms with Crippen molar-refractivity contribution in [2.24, 2.45) is 4.99 Å². The molecule has 3 amide bonds. The Balaban J connectivity index is 1.32. The van der Waals surface area contributed by atoms with E-state index in [0.717, 1.165) is 36.8 Å². The van der Waals surface area contributed by atoms with Crippen LogP contribution < -0.4 is 10.6 Å². The third kappa shape index (κ3) is 5.50. The van der Waals surface area contributed by atoms with Crippen molar-refractivity contribution in [1.29, 1.82) is 0 Å². The number of thioether (sulfide) groups is 1. The Hall–Kier alpha value is -2.72. The zero-order valence-electron chi connectivity index (χ0n) is 17.1. The number of amides is 3. The number of rotatable bonds is 5. The van der Waals surface area contributed by atoms with E-state index in [9.17, 15) is 14.4 Å². The number of likely N-dealkylation sites (tertiary alicyclic amines) is 1. The van der Waals surface area contributed by atoms with Gasteiger partial charge in [-0.1, -0.05) is 17.8 Å². The molecule has 0 spiro atoms. The Morgan fingerprint density at radius 3 is 2.74 bits per heavy atom. The summed E-state index contributed by atoms with van der Waals surface area (Å²) in [7, 11) is 0. The van der Waals surface area contributed by atoms with Gasteiger partial charge in [0, 0.05) is 36.1 Å². The number of aromatic nitrogens is 1. The highest BCUT2D eigenvalue weighted by Gasteiger charge is 2.33. The fraction of sp³-hybridized carbons (Fsp3) is 0.381. The molecule has 10 heteroatoms. The molecule has 1 atom stereocenters. The highest BCUT2D eigenvalue weighted by molar-refractivity contribution is 8.15. The number of carbonyl (C=O) groups is 3. The first-order valence-corrected chi connectivity index (χ1v) is 11.9. The highest BCUT2D eigenvalue weighted by atomic mass is 32.2. The maximum absolute atomic E-state index is 12.5. The van der Waals surface area contributed by atoms with Crippen LogP contribution in [0.1, 0.15) is 41.7 Å². The lowest BCUT2D eigenvalue weighted by Crippen LogP contribution is -2.33. The summed E-state index contributed by atoms with van der Waals surface area (Å²) in [6.07, 6.45) is 3.45. The Morgan fingerprint density at radius 2 is 2.00 bits per heavy atom. The maximum atomic E-state index is 12.5. The first-order chi connectivity index (χ1) is 15.0. The average Bonchev–Trinajstić information content (AvgIpc) is 3.34. The van der Waals surface area contributed by atoms with Crippen molar-refractivity contribution >= 4 is 56.8 Å². The van der Waals surface area contributed by atoms with Crippen LogP contribution in [-0.2, 0) is 9.59 Å². The molecule has 8 nitrogen and oxygen atoms in total. The number of anilines is 2. The molecule has 31 heavy (non-hydrogen) atoms. The summed E-state index contributed by atoms with van der Waals surface area (Å²) >= 11 is 2.73. The van der Waals surface area contributed by atoms with Crippen LogP contribution >= 0.6 is 23.1 Å². The summed E-state index contributed by atoms with van der Waals surface area (Å²) in [6.45, 7) is 3.68. The van der Waals surface area contributed by atoms with Crippen molar-refractivity contribution in [3.63, 3.8) is 0 Å². The molecule has 0 unspecified atom stereocenters. The lowest BCUT2D eigenvalue weighted by Gasteiger charge is -2.27. The quantitative estimate of drug-likeness (QED) is 0.712. The van der Waals surface area contributed by atoms with Gasteiger partial charge in [0.05, 0.1) is 5.69 Å². The molecule has 0 radical (unpaired) electrons. The Morgan fingerprint density at radius 1 is 1.19 bits per heavy atom. The molecule has 1 fully saturated rings. The number of aryl methyl sites for hydroxylation is 1. The summed E-state index contributed by atoms with van der Waals surface area (Å²) in [4.78, 5) is 47.7. The molecule has 2 N–H and O–H groups in total. The van der Waals surface area contributed by atoms with Crippen LogP contribution in [0.2, 0.25) is 0 Å². The molecule has 2 aliphatic heterocycles. The molecule has 0 saturated carbocycles. The number of amidine groups is 1. The summed E-state index contributed by atoms with van der Waals surface area (Å²) < 4.78 is 0. The van der Waals surface area contributed by atoms with Gasteiger partial charge in [-0.3, -0.25) is 19.7 Å². The smallest absolute Gasteiger partial charge is 0.262 e. The van der Waals surface area contributed by atoms with Crippen molar-refractivity contribution < 1.29 is 14.4 Å². The number of aliphatic imine (C=N–C) groups is 1. The zero-order chi connectivity index (χ0) is 21.8. The van der Waals surface area contributed by atoms with E-state index in [1.54, 1.807) is 24.3 Å². The van der Waals surface area contributed by atoms with Crippen LogP contribution in [0.3, 0.4) is 0 Å². The minimum Gasteiger partial charge on any atom is -0.351 e. The lowest BCUT2D eigenvalue weighted by atomic mass is 10.1. The number of benzene rings is 1. The van der Waals surface area contributed by atoms with Gasteiger partial charge in [0.25, 0.3) is 11.8 Å². The lowest BCUT2D eigenvalue weighted by molar-refractivity contribution is -0.121. The second-order valence-corrected chi connectivity index (χ2v) is 9.50. The van der Waals surface area contributed by atoms with Crippen LogP contribution in [0.5, 0.6) is 0 Å². The van der Waals surface area contributed by atoms with Crippen LogP contribution in [-0.4, -0.2) is 51.1 Å². The highest BCUT2D eigenvalue weighted by Crippen LogP contribution is 2.29. The molecule has 1 aromatic heterocycles. The van der Waals surface area contributed by atoms with E-state index in [1.807, 2.05) is 12.3 Å².